The predicted octanol–water partition coefficient (Wildman–Crippen LogP) is 3.96. The van der Waals surface area contributed by atoms with Crippen molar-refractivity contribution in [1.29, 1.82) is 0 Å². The van der Waals surface area contributed by atoms with Crippen LogP contribution in [0.3, 0.4) is 0 Å². The predicted molar refractivity (Wildman–Crippen MR) is 123 cm³/mol. The van der Waals surface area contributed by atoms with Gasteiger partial charge in [0.25, 0.3) is 0 Å². The molecule has 0 atom stereocenters. The molecule has 1 saturated carbocycles. The summed E-state index contributed by atoms with van der Waals surface area (Å²) in [7, 11) is 0. The first-order chi connectivity index (χ1) is 14.9. The second kappa shape index (κ2) is 11.0. The maximum absolute atomic E-state index is 13.0. The van der Waals surface area contributed by atoms with Gasteiger partial charge in [0.15, 0.2) is 5.13 Å². The van der Waals surface area contributed by atoms with Gasteiger partial charge in [0.05, 0.1) is 0 Å². The van der Waals surface area contributed by atoms with E-state index in [0.717, 1.165) is 36.8 Å². The molecule has 1 aromatic carbocycles. The Hall–Kier alpha value is -2.74. The number of benzene rings is 1. The van der Waals surface area contributed by atoms with Crippen LogP contribution in [0.1, 0.15) is 56.1 Å². The van der Waals surface area contributed by atoms with Gasteiger partial charge in [-0.05, 0) is 49.9 Å². The van der Waals surface area contributed by atoms with Crippen molar-refractivity contribution in [1.82, 2.24) is 10.3 Å². The lowest BCUT2D eigenvalue weighted by atomic mass is 9.95. The zero-order valence-electron chi connectivity index (χ0n) is 18.1. The van der Waals surface area contributed by atoms with Gasteiger partial charge in [0.1, 0.15) is 6.54 Å². The Morgan fingerprint density at radius 1 is 1.06 bits per heavy atom. The number of anilines is 2. The van der Waals surface area contributed by atoms with E-state index in [1.165, 1.54) is 22.7 Å². The number of aromatic nitrogens is 1. The normalized spacial score (nSPS) is 14.1. The minimum Gasteiger partial charge on any atom is -0.352 e. The molecule has 0 aliphatic heterocycles. The van der Waals surface area contributed by atoms with Crippen LogP contribution in [-0.4, -0.2) is 35.3 Å². The molecule has 3 rings (SSSR count). The summed E-state index contributed by atoms with van der Waals surface area (Å²) in [6.07, 6.45) is 7.09. The van der Waals surface area contributed by atoms with Crippen molar-refractivity contribution in [3.05, 3.63) is 40.9 Å². The van der Waals surface area contributed by atoms with E-state index in [1.807, 2.05) is 32.0 Å². The Kier molecular flexibility index (Phi) is 8.17. The van der Waals surface area contributed by atoms with Crippen molar-refractivity contribution in [3.63, 3.8) is 0 Å². The number of nitrogens with zero attached hydrogens (tertiary/aromatic N) is 2. The first kappa shape index (κ1) is 22.9. The summed E-state index contributed by atoms with van der Waals surface area (Å²) in [5, 5.41) is 8.04. The molecule has 2 aromatic rings. The van der Waals surface area contributed by atoms with Crippen molar-refractivity contribution >= 4 is 39.9 Å². The van der Waals surface area contributed by atoms with Gasteiger partial charge in [-0.3, -0.25) is 14.4 Å². The van der Waals surface area contributed by atoms with Crippen LogP contribution in [0.2, 0.25) is 0 Å². The van der Waals surface area contributed by atoms with Gasteiger partial charge in [0, 0.05) is 36.1 Å². The Bertz CT molecular complexity index is 908. The van der Waals surface area contributed by atoms with Gasteiger partial charge < -0.3 is 15.5 Å². The van der Waals surface area contributed by atoms with Crippen LogP contribution in [0.5, 0.6) is 0 Å². The molecule has 0 bridgehead atoms. The van der Waals surface area contributed by atoms with Crippen LogP contribution in [0.25, 0.3) is 0 Å². The van der Waals surface area contributed by atoms with Gasteiger partial charge in [-0.25, -0.2) is 4.98 Å². The number of carbonyl (C=O) groups excluding carboxylic acids is 3. The second-order valence-electron chi connectivity index (χ2n) is 8.04. The highest BCUT2D eigenvalue weighted by Crippen LogP contribution is 2.21. The first-order valence-corrected chi connectivity index (χ1v) is 11.7. The number of thiazole rings is 1. The number of aryl methyl sites for hydroxylation is 2. The molecule has 166 valence electrons. The third kappa shape index (κ3) is 6.89. The highest BCUT2D eigenvalue weighted by atomic mass is 32.1. The van der Waals surface area contributed by atoms with Crippen molar-refractivity contribution in [2.75, 3.05) is 16.8 Å². The van der Waals surface area contributed by atoms with Crippen LogP contribution in [0.15, 0.2) is 29.8 Å². The van der Waals surface area contributed by atoms with Crippen LogP contribution >= 0.6 is 11.3 Å². The molecule has 1 aliphatic carbocycles. The van der Waals surface area contributed by atoms with Crippen LogP contribution in [-0.2, 0) is 14.4 Å². The van der Waals surface area contributed by atoms with Gasteiger partial charge in [-0.1, -0.05) is 25.3 Å². The van der Waals surface area contributed by atoms with Crippen LogP contribution < -0.4 is 15.5 Å². The maximum Gasteiger partial charge on any atom is 0.240 e. The van der Waals surface area contributed by atoms with Crippen molar-refractivity contribution in [2.45, 2.75) is 64.8 Å². The second-order valence-corrected chi connectivity index (χ2v) is 8.93. The molecule has 8 heteroatoms. The molecule has 3 amide bonds. The lowest BCUT2D eigenvalue weighted by Crippen LogP contribution is -2.45. The summed E-state index contributed by atoms with van der Waals surface area (Å²) in [5.74, 6) is -0.683. The highest BCUT2D eigenvalue weighted by molar-refractivity contribution is 7.13. The fourth-order valence-corrected chi connectivity index (χ4v) is 4.25. The molecule has 2 N–H and O–H groups in total. The molecule has 7 nitrogen and oxygen atoms in total. The fraction of sp³-hybridized carbons (Fsp3) is 0.478. The van der Waals surface area contributed by atoms with E-state index in [-0.39, 0.29) is 43.1 Å². The quantitative estimate of drug-likeness (QED) is 0.647. The zero-order valence-corrected chi connectivity index (χ0v) is 19.0. The minimum atomic E-state index is -0.269. The summed E-state index contributed by atoms with van der Waals surface area (Å²) >= 11 is 1.33. The molecule has 0 spiro atoms. The largest absolute Gasteiger partial charge is 0.352 e. The van der Waals surface area contributed by atoms with Gasteiger partial charge in [-0.2, -0.15) is 0 Å². The Balaban J connectivity index is 1.65. The average Bonchev–Trinajstić information content (AvgIpc) is 3.26. The van der Waals surface area contributed by atoms with E-state index in [9.17, 15) is 14.4 Å². The zero-order chi connectivity index (χ0) is 22.2. The number of hydrogen-bond acceptors (Lipinski definition) is 5. The molecule has 1 fully saturated rings. The molecule has 31 heavy (non-hydrogen) atoms. The van der Waals surface area contributed by atoms with Crippen molar-refractivity contribution < 1.29 is 14.4 Å². The number of carbonyl (C=O) groups is 3. The van der Waals surface area contributed by atoms with Crippen molar-refractivity contribution in [3.8, 4) is 0 Å². The standard InChI is InChI=1S/C23H30N4O3S/c1-16-8-9-19(14-17(16)2)27(15-21(29)25-18-6-4-3-5-7-18)22(30)11-10-20(28)26-23-24-12-13-31-23/h8-9,12-14,18H,3-7,10-11,15H2,1-2H3,(H,25,29)(H,24,26,28). The third-order valence-corrected chi connectivity index (χ3v) is 6.31. The van der Waals surface area contributed by atoms with Gasteiger partial charge >= 0.3 is 0 Å². The summed E-state index contributed by atoms with van der Waals surface area (Å²) in [6, 6.07) is 5.89. The minimum absolute atomic E-state index is 0.0147. The Morgan fingerprint density at radius 2 is 1.84 bits per heavy atom. The van der Waals surface area contributed by atoms with Gasteiger partial charge in [0.2, 0.25) is 17.7 Å². The first-order valence-electron chi connectivity index (χ1n) is 10.8. The number of rotatable bonds is 8. The monoisotopic (exact) mass is 442 g/mol. The van der Waals surface area contributed by atoms with E-state index in [1.54, 1.807) is 11.6 Å². The van der Waals surface area contributed by atoms with E-state index < -0.39 is 0 Å². The molecule has 1 aromatic heterocycles. The van der Waals surface area contributed by atoms with E-state index in [2.05, 4.69) is 15.6 Å². The van der Waals surface area contributed by atoms with Crippen LogP contribution in [0, 0.1) is 13.8 Å². The Morgan fingerprint density at radius 3 is 2.52 bits per heavy atom. The topological polar surface area (TPSA) is 91.4 Å². The third-order valence-electron chi connectivity index (χ3n) is 5.62. The van der Waals surface area contributed by atoms with E-state index in [4.69, 9.17) is 0 Å². The summed E-state index contributed by atoms with van der Waals surface area (Å²) < 4.78 is 0. The summed E-state index contributed by atoms with van der Waals surface area (Å²) in [5.41, 5.74) is 2.84. The highest BCUT2D eigenvalue weighted by Gasteiger charge is 2.23. The number of hydrogen-bond donors (Lipinski definition) is 2. The summed E-state index contributed by atoms with van der Waals surface area (Å²) in [6.45, 7) is 3.93. The molecular formula is C23H30N4O3S. The number of nitrogens with one attached hydrogen (secondary N) is 2. The molecule has 0 radical (unpaired) electrons. The van der Waals surface area contributed by atoms with E-state index in [0.29, 0.717) is 10.8 Å². The van der Waals surface area contributed by atoms with Gasteiger partial charge in [-0.15, -0.1) is 11.3 Å². The SMILES string of the molecule is Cc1ccc(N(CC(=O)NC2CCCCC2)C(=O)CCC(=O)Nc2nccs2)cc1C. The lowest BCUT2D eigenvalue weighted by Gasteiger charge is -2.26. The average molecular weight is 443 g/mol. The van der Waals surface area contributed by atoms with Crippen molar-refractivity contribution in [2.24, 2.45) is 0 Å². The molecule has 0 unspecified atom stereocenters. The maximum atomic E-state index is 13.0. The molecule has 1 aliphatic rings. The molecule has 0 saturated heterocycles. The Labute approximate surface area is 187 Å². The van der Waals surface area contributed by atoms with E-state index >= 15 is 0 Å². The molecule has 1 heterocycles. The number of amides is 3. The lowest BCUT2D eigenvalue weighted by molar-refractivity contribution is -0.125. The fourth-order valence-electron chi connectivity index (χ4n) is 3.70. The van der Waals surface area contributed by atoms with Crippen LogP contribution in [0.4, 0.5) is 10.8 Å². The summed E-state index contributed by atoms with van der Waals surface area (Å²) in [4.78, 5) is 43.4. The smallest absolute Gasteiger partial charge is 0.240 e. The molecular weight excluding hydrogens is 412 g/mol.